The monoisotopic (exact) mass is 308 g/mol. The predicted octanol–water partition coefficient (Wildman–Crippen LogP) is 0.199. The highest BCUT2D eigenvalue weighted by Gasteiger charge is 2.25. The van der Waals surface area contributed by atoms with Crippen LogP contribution in [0.1, 0.15) is 17.5 Å². The molecule has 3 rings (SSSR count). The molecule has 8 N–H and O–H groups in total. The van der Waals surface area contributed by atoms with E-state index in [1.165, 1.54) is 0 Å². The van der Waals surface area contributed by atoms with Gasteiger partial charge in [0.1, 0.15) is 0 Å². The quantitative estimate of drug-likeness (QED) is 0.355. The molecule has 0 saturated carbocycles. The van der Waals surface area contributed by atoms with E-state index in [4.69, 9.17) is 22.9 Å². The normalized spacial score (nSPS) is 16.5. The van der Waals surface area contributed by atoms with E-state index in [1.807, 2.05) is 36.4 Å². The molecule has 0 fully saturated rings. The van der Waals surface area contributed by atoms with Crippen molar-refractivity contribution < 1.29 is 0 Å². The van der Waals surface area contributed by atoms with Crippen molar-refractivity contribution in [2.45, 2.75) is 6.42 Å². The van der Waals surface area contributed by atoms with Crippen LogP contribution < -0.4 is 22.9 Å². The molecule has 8 heteroatoms. The molecule has 0 heterocycles. The molecule has 116 valence electrons. The first-order chi connectivity index (χ1) is 11.0. The van der Waals surface area contributed by atoms with E-state index in [1.54, 1.807) is 0 Å². The molecule has 0 radical (unpaired) electrons. The maximum Gasteiger partial charge on any atom is 0.211 e. The summed E-state index contributed by atoms with van der Waals surface area (Å²) in [6.07, 6.45) is 0.444. The van der Waals surface area contributed by atoms with Gasteiger partial charge in [0.25, 0.3) is 0 Å². The van der Waals surface area contributed by atoms with Gasteiger partial charge in [0.2, 0.25) is 11.9 Å². The van der Waals surface area contributed by atoms with Crippen molar-refractivity contribution in [3.63, 3.8) is 0 Å². The minimum absolute atomic E-state index is 0.102. The van der Waals surface area contributed by atoms with E-state index >= 15 is 0 Å². The second kappa shape index (κ2) is 5.76. The summed E-state index contributed by atoms with van der Waals surface area (Å²) in [5.41, 5.74) is 24.7. The Morgan fingerprint density at radius 2 is 1.17 bits per heavy atom. The Balaban J connectivity index is 2.20. The average molecular weight is 308 g/mol. The van der Waals surface area contributed by atoms with E-state index in [0.29, 0.717) is 17.8 Å². The van der Waals surface area contributed by atoms with Crippen LogP contribution in [-0.2, 0) is 0 Å². The maximum atomic E-state index is 5.35. The van der Waals surface area contributed by atoms with Gasteiger partial charge < -0.3 is 22.9 Å². The van der Waals surface area contributed by atoms with Crippen LogP contribution >= 0.6 is 0 Å². The van der Waals surface area contributed by atoms with Crippen LogP contribution in [0.3, 0.4) is 0 Å². The predicted molar refractivity (Wildman–Crippen MR) is 93.3 cm³/mol. The number of hydrogen-bond acceptors (Lipinski definition) is 4. The number of guanidine groups is 2. The van der Waals surface area contributed by atoms with Gasteiger partial charge in [-0.1, -0.05) is 24.3 Å². The fraction of sp³-hybridized carbons (Fsp3) is 0.0667. The van der Waals surface area contributed by atoms with E-state index < -0.39 is 0 Å². The zero-order valence-electron chi connectivity index (χ0n) is 12.3. The minimum atomic E-state index is -0.102. The summed E-state index contributed by atoms with van der Waals surface area (Å²) in [7, 11) is 0. The van der Waals surface area contributed by atoms with E-state index in [9.17, 15) is 0 Å². The molecule has 0 aromatic heterocycles. The highest BCUT2D eigenvalue weighted by molar-refractivity contribution is 6.29. The van der Waals surface area contributed by atoms with Gasteiger partial charge in [0.15, 0.2) is 0 Å². The standard InChI is InChI=1S/C15H16N8/c16-14(17)22-20-12-7-13(21-23-15(18)19)11-6-9-4-2-1-3-8(9)5-10(11)12/h1-6H,7H2,(H4,16,17,22)(H4,18,19,23)/b20-12-,21-13+. The number of hydrogen-bond donors (Lipinski definition) is 4. The highest BCUT2D eigenvalue weighted by atomic mass is 15.3. The molecule has 23 heavy (non-hydrogen) atoms. The molecule has 1 aliphatic rings. The number of nitrogens with zero attached hydrogens (tertiary/aromatic N) is 4. The highest BCUT2D eigenvalue weighted by Crippen LogP contribution is 2.28. The second-order valence-corrected chi connectivity index (χ2v) is 5.06. The van der Waals surface area contributed by atoms with Crippen LogP contribution in [0.5, 0.6) is 0 Å². The van der Waals surface area contributed by atoms with Crippen LogP contribution in [0.25, 0.3) is 10.8 Å². The first-order valence-electron chi connectivity index (χ1n) is 6.89. The van der Waals surface area contributed by atoms with Crippen molar-refractivity contribution in [3.8, 4) is 0 Å². The Morgan fingerprint density at radius 1 is 0.739 bits per heavy atom. The molecule has 0 bridgehead atoms. The van der Waals surface area contributed by atoms with Gasteiger partial charge in [-0.05, 0) is 22.9 Å². The van der Waals surface area contributed by atoms with E-state index in [2.05, 4.69) is 20.4 Å². The molecule has 8 nitrogen and oxygen atoms in total. The Kier molecular flexibility index (Phi) is 3.63. The lowest BCUT2D eigenvalue weighted by atomic mass is 10.0. The number of fused-ring (bicyclic) bond motifs is 2. The lowest BCUT2D eigenvalue weighted by molar-refractivity contribution is 1.18. The molecule has 2 aromatic carbocycles. The Hall–Kier alpha value is -3.42. The second-order valence-electron chi connectivity index (χ2n) is 5.06. The van der Waals surface area contributed by atoms with Crippen molar-refractivity contribution in [2.24, 2.45) is 43.3 Å². The van der Waals surface area contributed by atoms with Crippen molar-refractivity contribution in [2.75, 3.05) is 0 Å². The largest absolute Gasteiger partial charge is 0.369 e. The molecule has 1 aliphatic carbocycles. The molecule has 0 aliphatic heterocycles. The van der Waals surface area contributed by atoms with Crippen LogP contribution in [-0.4, -0.2) is 23.3 Å². The summed E-state index contributed by atoms with van der Waals surface area (Å²) in [5.74, 6) is -0.205. The molecule has 0 saturated heterocycles. The molecule has 0 unspecified atom stereocenters. The summed E-state index contributed by atoms with van der Waals surface area (Å²) in [5, 5.41) is 17.9. The fourth-order valence-electron chi connectivity index (χ4n) is 2.48. The summed E-state index contributed by atoms with van der Waals surface area (Å²) < 4.78 is 0. The fourth-order valence-corrected chi connectivity index (χ4v) is 2.48. The smallest absolute Gasteiger partial charge is 0.211 e. The lowest BCUT2D eigenvalue weighted by Crippen LogP contribution is -2.22. The van der Waals surface area contributed by atoms with Gasteiger partial charge in [0, 0.05) is 17.5 Å². The summed E-state index contributed by atoms with van der Waals surface area (Å²) in [4.78, 5) is 0. The zero-order valence-corrected chi connectivity index (χ0v) is 12.3. The third kappa shape index (κ3) is 2.95. The molecular weight excluding hydrogens is 292 g/mol. The molecule has 2 aromatic rings. The maximum absolute atomic E-state index is 5.35. The van der Waals surface area contributed by atoms with Crippen LogP contribution in [0.15, 0.2) is 56.8 Å². The first-order valence-corrected chi connectivity index (χ1v) is 6.89. The molecule has 0 atom stereocenters. The van der Waals surface area contributed by atoms with Gasteiger partial charge in [-0.3, -0.25) is 0 Å². The van der Waals surface area contributed by atoms with Crippen LogP contribution in [0.2, 0.25) is 0 Å². The Labute approximate surface area is 132 Å². The first kappa shape index (κ1) is 14.5. The summed E-state index contributed by atoms with van der Waals surface area (Å²) >= 11 is 0. The lowest BCUT2D eigenvalue weighted by Gasteiger charge is -2.03. The van der Waals surface area contributed by atoms with E-state index in [-0.39, 0.29) is 11.9 Å². The third-order valence-corrected chi connectivity index (χ3v) is 3.41. The topological polar surface area (TPSA) is 154 Å². The zero-order chi connectivity index (χ0) is 16.4. The number of benzene rings is 2. The summed E-state index contributed by atoms with van der Waals surface area (Å²) in [6, 6.07) is 12.1. The van der Waals surface area contributed by atoms with Gasteiger partial charge in [0.05, 0.1) is 11.4 Å². The molecular formula is C15H16N8. The van der Waals surface area contributed by atoms with Gasteiger partial charge >= 0.3 is 0 Å². The summed E-state index contributed by atoms with van der Waals surface area (Å²) in [6.45, 7) is 0. The Bertz CT molecular complexity index is 811. The minimum Gasteiger partial charge on any atom is -0.369 e. The van der Waals surface area contributed by atoms with Crippen molar-refractivity contribution in [3.05, 3.63) is 47.5 Å². The van der Waals surface area contributed by atoms with Gasteiger partial charge in [-0.2, -0.15) is 10.2 Å². The van der Waals surface area contributed by atoms with Crippen LogP contribution in [0.4, 0.5) is 0 Å². The molecule has 0 spiro atoms. The van der Waals surface area contributed by atoms with Crippen molar-refractivity contribution >= 4 is 34.1 Å². The average Bonchev–Trinajstić information content (AvgIpc) is 2.86. The van der Waals surface area contributed by atoms with Crippen molar-refractivity contribution in [1.82, 2.24) is 0 Å². The van der Waals surface area contributed by atoms with E-state index in [0.717, 1.165) is 21.9 Å². The number of nitrogens with two attached hydrogens (primary N) is 4. The van der Waals surface area contributed by atoms with Gasteiger partial charge in [-0.25, -0.2) is 0 Å². The Morgan fingerprint density at radius 3 is 1.57 bits per heavy atom. The van der Waals surface area contributed by atoms with Crippen LogP contribution in [0, 0.1) is 0 Å². The SMILES string of the molecule is NC(N)=N/N=C1/C/C(=N\N=C(N)N)c2cc3ccccc3cc21. The third-order valence-electron chi connectivity index (χ3n) is 3.41. The molecule has 0 amide bonds. The van der Waals surface area contributed by atoms with Gasteiger partial charge in [-0.15, -0.1) is 10.2 Å². The van der Waals surface area contributed by atoms with Crippen molar-refractivity contribution in [1.29, 1.82) is 0 Å². The number of rotatable bonds is 2.